The highest BCUT2D eigenvalue weighted by molar-refractivity contribution is 5.92. The predicted octanol–water partition coefficient (Wildman–Crippen LogP) is 3.96. The second-order valence-corrected chi connectivity index (χ2v) is 6.60. The molecule has 4 heteroatoms. The first kappa shape index (κ1) is 16.7. The van der Waals surface area contributed by atoms with Gasteiger partial charge in [-0.1, -0.05) is 45.7 Å². The molecule has 0 saturated heterocycles. The van der Waals surface area contributed by atoms with Crippen molar-refractivity contribution in [3.8, 4) is 0 Å². The molecule has 1 amide bonds. The van der Waals surface area contributed by atoms with Crippen LogP contribution in [0.3, 0.4) is 0 Å². The number of unbranched alkanes of at least 4 members (excludes halogenated alkanes) is 1. The van der Waals surface area contributed by atoms with Crippen LogP contribution in [0.1, 0.15) is 77.1 Å². The molecule has 0 aliphatic carbocycles. The molecule has 1 N–H and O–H groups in total. The van der Waals surface area contributed by atoms with Crippen molar-refractivity contribution in [2.24, 2.45) is 5.41 Å². The number of aryl methyl sites for hydroxylation is 1. The van der Waals surface area contributed by atoms with Crippen LogP contribution in [0.25, 0.3) is 0 Å². The number of nitrogens with one attached hydrogen (secondary N) is 1. The molecule has 0 aliphatic heterocycles. The molecule has 0 aliphatic rings. The number of carbonyl (C=O) groups excluding carboxylic acids is 1. The van der Waals surface area contributed by atoms with Crippen molar-refractivity contribution in [3.63, 3.8) is 0 Å². The Morgan fingerprint density at radius 2 is 1.95 bits per heavy atom. The lowest BCUT2D eigenvalue weighted by Gasteiger charge is -2.42. The molecule has 1 rings (SSSR count). The minimum Gasteiger partial charge on any atom is -0.361 e. The van der Waals surface area contributed by atoms with E-state index in [1.807, 2.05) is 6.92 Å². The largest absolute Gasteiger partial charge is 0.361 e. The topological polar surface area (TPSA) is 55.1 Å². The van der Waals surface area contributed by atoms with Crippen LogP contribution in [-0.4, -0.2) is 16.6 Å². The Morgan fingerprint density at radius 3 is 2.45 bits per heavy atom. The first-order valence-electron chi connectivity index (χ1n) is 7.51. The summed E-state index contributed by atoms with van der Waals surface area (Å²) < 4.78 is 5.09. The molecule has 0 atom stereocenters. The Morgan fingerprint density at radius 1 is 1.30 bits per heavy atom. The van der Waals surface area contributed by atoms with E-state index in [9.17, 15) is 4.79 Å². The van der Waals surface area contributed by atoms with E-state index in [0.717, 1.165) is 31.4 Å². The van der Waals surface area contributed by atoms with Crippen molar-refractivity contribution < 1.29 is 9.32 Å². The summed E-state index contributed by atoms with van der Waals surface area (Å²) in [7, 11) is 0. The normalized spacial score (nSPS) is 12.5. The van der Waals surface area contributed by atoms with E-state index in [1.165, 1.54) is 0 Å². The molecule has 1 heterocycles. The summed E-state index contributed by atoms with van der Waals surface area (Å²) >= 11 is 0. The number of aromatic nitrogens is 1. The number of nitrogens with zero attached hydrogens (tertiary/aromatic N) is 1. The van der Waals surface area contributed by atoms with E-state index in [1.54, 1.807) is 6.07 Å². The summed E-state index contributed by atoms with van der Waals surface area (Å²) in [5, 5.41) is 6.93. The summed E-state index contributed by atoms with van der Waals surface area (Å²) in [4.78, 5) is 12.3. The predicted molar refractivity (Wildman–Crippen MR) is 80.7 cm³/mol. The van der Waals surface area contributed by atoms with Gasteiger partial charge in [0.15, 0.2) is 5.69 Å². The lowest BCUT2D eigenvalue weighted by molar-refractivity contribution is 0.0775. The molecular weight excluding hydrogens is 252 g/mol. The molecule has 0 spiro atoms. The summed E-state index contributed by atoms with van der Waals surface area (Å²) in [6.45, 7) is 12.7. The minimum absolute atomic E-state index is 0.0238. The van der Waals surface area contributed by atoms with Crippen molar-refractivity contribution in [1.82, 2.24) is 10.5 Å². The molecule has 0 radical (unpaired) electrons. The van der Waals surface area contributed by atoms with Crippen LogP contribution in [-0.2, 0) is 6.42 Å². The average Bonchev–Trinajstić information content (AvgIpc) is 2.84. The summed E-state index contributed by atoms with van der Waals surface area (Å²) in [6, 6.07) is 1.71. The zero-order valence-electron chi connectivity index (χ0n) is 13.7. The van der Waals surface area contributed by atoms with Crippen LogP contribution in [0, 0.1) is 5.41 Å². The Hall–Kier alpha value is -1.32. The molecule has 1 aromatic rings. The van der Waals surface area contributed by atoms with Gasteiger partial charge in [-0.05, 0) is 25.7 Å². The average molecular weight is 280 g/mol. The molecule has 0 aromatic carbocycles. The van der Waals surface area contributed by atoms with Gasteiger partial charge in [0.1, 0.15) is 5.76 Å². The number of rotatable bonds is 7. The fourth-order valence-corrected chi connectivity index (χ4v) is 2.03. The fourth-order valence-electron chi connectivity index (χ4n) is 2.03. The van der Waals surface area contributed by atoms with Crippen LogP contribution in [0.5, 0.6) is 0 Å². The Labute approximate surface area is 122 Å². The van der Waals surface area contributed by atoms with Crippen LogP contribution in [0.2, 0.25) is 0 Å². The molecule has 1 aromatic heterocycles. The van der Waals surface area contributed by atoms with Crippen LogP contribution < -0.4 is 5.32 Å². The molecular formula is C16H28N2O2. The first-order chi connectivity index (χ1) is 9.23. The van der Waals surface area contributed by atoms with Crippen LogP contribution in [0.15, 0.2) is 10.6 Å². The van der Waals surface area contributed by atoms with E-state index in [-0.39, 0.29) is 16.9 Å². The minimum atomic E-state index is -0.301. The van der Waals surface area contributed by atoms with Gasteiger partial charge in [-0.25, -0.2) is 0 Å². The Balaban J connectivity index is 2.76. The highest BCUT2D eigenvalue weighted by Gasteiger charge is 2.38. The summed E-state index contributed by atoms with van der Waals surface area (Å²) in [5.41, 5.74) is 0.0850. The van der Waals surface area contributed by atoms with Gasteiger partial charge in [-0.2, -0.15) is 0 Å². The molecule has 0 saturated carbocycles. The third kappa shape index (κ3) is 3.84. The van der Waals surface area contributed by atoms with E-state index >= 15 is 0 Å². The SMILES string of the molecule is CCCCC(C)(C)C(C)(C)NC(=O)c1cc(CC)on1. The molecule has 0 fully saturated rings. The molecule has 0 bridgehead atoms. The van der Waals surface area contributed by atoms with Gasteiger partial charge in [0, 0.05) is 18.0 Å². The molecule has 0 unspecified atom stereocenters. The van der Waals surface area contributed by atoms with Crippen molar-refractivity contribution in [1.29, 1.82) is 0 Å². The summed E-state index contributed by atoms with van der Waals surface area (Å²) in [6.07, 6.45) is 4.15. The standard InChI is InChI=1S/C16H28N2O2/c1-7-9-10-15(3,4)16(5,6)17-14(19)13-11-12(8-2)20-18-13/h11H,7-10H2,1-6H3,(H,17,19). The molecule has 114 valence electrons. The highest BCUT2D eigenvalue weighted by atomic mass is 16.5. The van der Waals surface area contributed by atoms with Gasteiger partial charge < -0.3 is 9.84 Å². The second kappa shape index (κ2) is 6.42. The summed E-state index contributed by atoms with van der Waals surface area (Å²) in [5.74, 6) is 0.571. The van der Waals surface area contributed by atoms with Crippen LogP contribution in [0.4, 0.5) is 0 Å². The van der Waals surface area contributed by atoms with Crippen LogP contribution >= 0.6 is 0 Å². The van der Waals surface area contributed by atoms with Gasteiger partial charge in [-0.15, -0.1) is 0 Å². The van der Waals surface area contributed by atoms with Crippen molar-refractivity contribution >= 4 is 5.91 Å². The van der Waals surface area contributed by atoms with Gasteiger partial charge in [0.2, 0.25) is 0 Å². The third-order valence-corrected chi connectivity index (χ3v) is 4.41. The van der Waals surface area contributed by atoms with Gasteiger partial charge in [0.05, 0.1) is 0 Å². The quantitative estimate of drug-likeness (QED) is 0.822. The van der Waals surface area contributed by atoms with Gasteiger partial charge >= 0.3 is 0 Å². The number of amides is 1. The van der Waals surface area contributed by atoms with E-state index in [4.69, 9.17) is 4.52 Å². The molecule has 4 nitrogen and oxygen atoms in total. The molecule has 20 heavy (non-hydrogen) atoms. The second-order valence-electron chi connectivity index (χ2n) is 6.60. The smallest absolute Gasteiger partial charge is 0.273 e. The lowest BCUT2D eigenvalue weighted by Crippen LogP contribution is -2.53. The maximum absolute atomic E-state index is 12.3. The number of carbonyl (C=O) groups is 1. The van der Waals surface area contributed by atoms with Gasteiger partial charge in [0.25, 0.3) is 5.91 Å². The zero-order chi connectivity index (χ0) is 15.4. The third-order valence-electron chi connectivity index (χ3n) is 4.41. The monoisotopic (exact) mass is 280 g/mol. The first-order valence-corrected chi connectivity index (χ1v) is 7.51. The number of hydrogen-bond donors (Lipinski definition) is 1. The Kier molecular flexibility index (Phi) is 5.37. The van der Waals surface area contributed by atoms with Crippen molar-refractivity contribution in [3.05, 3.63) is 17.5 Å². The maximum atomic E-state index is 12.3. The van der Waals surface area contributed by atoms with E-state index < -0.39 is 0 Å². The highest BCUT2D eigenvalue weighted by Crippen LogP contribution is 2.35. The lowest BCUT2D eigenvalue weighted by atomic mass is 9.71. The fraction of sp³-hybridized carbons (Fsp3) is 0.750. The van der Waals surface area contributed by atoms with Gasteiger partial charge in [-0.3, -0.25) is 4.79 Å². The van der Waals surface area contributed by atoms with Crippen molar-refractivity contribution in [2.45, 2.75) is 72.8 Å². The van der Waals surface area contributed by atoms with Crippen molar-refractivity contribution in [2.75, 3.05) is 0 Å². The maximum Gasteiger partial charge on any atom is 0.273 e. The zero-order valence-corrected chi connectivity index (χ0v) is 13.7. The Bertz CT molecular complexity index is 447. The van der Waals surface area contributed by atoms with E-state index in [0.29, 0.717) is 5.69 Å². The number of hydrogen-bond acceptors (Lipinski definition) is 3. The van der Waals surface area contributed by atoms with E-state index in [2.05, 4.69) is 45.1 Å².